The predicted molar refractivity (Wildman–Crippen MR) is 136 cm³/mol. The zero-order chi connectivity index (χ0) is 24.8. The zero-order valence-electron chi connectivity index (χ0n) is 19.7. The van der Waals surface area contributed by atoms with Crippen LogP contribution in [-0.4, -0.2) is 59.1 Å². The summed E-state index contributed by atoms with van der Waals surface area (Å²) < 4.78 is 21.3. The van der Waals surface area contributed by atoms with Crippen LogP contribution in [0.5, 0.6) is 0 Å². The minimum atomic E-state index is -0.465. The maximum absolute atomic E-state index is 15.7. The molecule has 0 radical (unpaired) electrons. The Balaban J connectivity index is 1.45. The summed E-state index contributed by atoms with van der Waals surface area (Å²) in [4.78, 5) is 21.3. The van der Waals surface area contributed by atoms with E-state index in [2.05, 4.69) is 27.3 Å². The second-order valence-electron chi connectivity index (χ2n) is 9.30. The lowest BCUT2D eigenvalue weighted by molar-refractivity contribution is -0.119. The molecule has 2 saturated heterocycles. The average Bonchev–Trinajstić information content (AvgIpc) is 3.62. The first kappa shape index (κ1) is 22.4. The molecular formula is C26H26FN7O2. The van der Waals surface area contributed by atoms with Gasteiger partial charge in [-0.15, -0.1) is 0 Å². The van der Waals surface area contributed by atoms with E-state index in [1.54, 1.807) is 29.3 Å². The summed E-state index contributed by atoms with van der Waals surface area (Å²) in [6.45, 7) is 3.83. The highest BCUT2D eigenvalue weighted by atomic mass is 19.1. The number of H-pyrrole nitrogens is 1. The highest BCUT2D eigenvalue weighted by Gasteiger charge is 2.41. The van der Waals surface area contributed by atoms with Gasteiger partial charge in [0.2, 0.25) is 5.91 Å². The first-order valence-corrected chi connectivity index (χ1v) is 12.0. The number of hydrogen-bond acceptors (Lipinski definition) is 7. The molecule has 3 aromatic rings. The van der Waals surface area contributed by atoms with Crippen LogP contribution in [0.25, 0.3) is 11.1 Å². The number of aromatic nitrogens is 3. The number of rotatable bonds is 6. The molecule has 3 aliphatic rings. The van der Waals surface area contributed by atoms with Gasteiger partial charge < -0.3 is 25.3 Å². The normalized spacial score (nSPS) is 22.9. The Bertz CT molecular complexity index is 1360. The molecule has 2 bridgehead atoms. The van der Waals surface area contributed by atoms with Gasteiger partial charge in [0.15, 0.2) is 5.82 Å². The standard InChI is InChI=1S/C26H26FN7O2/c1-15-14-36-9-8-33(15)24-12-20(21(13-28)25(31-24)30-23-6-7-29-32-23)19-5-4-18(11-22(19)27)34-17-3-2-16(10-17)26(34)35/h2-7,11-13,15-17,28H,8-10,14H2,1H3,(H2,29,30,31,32)/t15-,16?,17?/m1/s1. The molecule has 2 aromatic heterocycles. The Hall–Kier alpha value is -4.05. The van der Waals surface area contributed by atoms with Crippen LogP contribution in [0.15, 0.2) is 48.7 Å². The Morgan fingerprint density at radius 1 is 1.25 bits per heavy atom. The van der Waals surface area contributed by atoms with Crippen LogP contribution in [-0.2, 0) is 9.53 Å². The summed E-state index contributed by atoms with van der Waals surface area (Å²) in [5.41, 5.74) is 1.85. The fourth-order valence-corrected chi connectivity index (χ4v) is 5.26. The minimum absolute atomic E-state index is 0.00724. The van der Waals surface area contributed by atoms with Gasteiger partial charge in [0.1, 0.15) is 17.5 Å². The number of nitrogens with zero attached hydrogens (tertiary/aromatic N) is 4. The number of amides is 1. The molecule has 3 N–H and O–H groups in total. The lowest BCUT2D eigenvalue weighted by Gasteiger charge is -2.35. The molecular weight excluding hydrogens is 461 g/mol. The maximum atomic E-state index is 15.7. The number of carbonyl (C=O) groups is 1. The number of nitrogens with one attached hydrogen (secondary N) is 3. The Kier molecular flexibility index (Phi) is 5.52. The van der Waals surface area contributed by atoms with Crippen LogP contribution in [0.3, 0.4) is 0 Å². The van der Waals surface area contributed by atoms with Crippen LogP contribution < -0.4 is 15.1 Å². The first-order chi connectivity index (χ1) is 17.5. The molecule has 0 saturated carbocycles. The average molecular weight is 488 g/mol. The third-order valence-corrected chi connectivity index (χ3v) is 7.07. The van der Waals surface area contributed by atoms with Gasteiger partial charge in [-0.25, -0.2) is 9.37 Å². The van der Waals surface area contributed by atoms with Crippen LogP contribution >= 0.6 is 0 Å². The van der Waals surface area contributed by atoms with Crippen molar-refractivity contribution in [2.24, 2.45) is 5.92 Å². The molecule has 9 nitrogen and oxygen atoms in total. The number of morpholine rings is 1. The van der Waals surface area contributed by atoms with Crippen molar-refractivity contribution in [3.8, 4) is 11.1 Å². The summed E-state index contributed by atoms with van der Waals surface area (Å²) in [6.07, 6.45) is 7.54. The largest absolute Gasteiger partial charge is 0.377 e. The van der Waals surface area contributed by atoms with Gasteiger partial charge in [-0.3, -0.25) is 9.89 Å². The summed E-state index contributed by atoms with van der Waals surface area (Å²) in [6, 6.07) is 8.50. The van der Waals surface area contributed by atoms with Crippen molar-refractivity contribution in [3.63, 3.8) is 0 Å². The fourth-order valence-electron chi connectivity index (χ4n) is 5.26. The van der Waals surface area contributed by atoms with Gasteiger partial charge in [0, 0.05) is 47.4 Å². The molecule has 10 heteroatoms. The summed E-state index contributed by atoms with van der Waals surface area (Å²) in [5.74, 6) is 1.03. The lowest BCUT2D eigenvalue weighted by Crippen LogP contribution is -2.44. The number of carbonyl (C=O) groups excluding carboxylic acids is 1. The molecule has 0 spiro atoms. The van der Waals surface area contributed by atoms with Gasteiger partial charge in [-0.2, -0.15) is 5.10 Å². The molecule has 6 rings (SSSR count). The van der Waals surface area contributed by atoms with Crippen LogP contribution in [0.4, 0.5) is 27.5 Å². The Labute approximate surface area is 207 Å². The zero-order valence-corrected chi connectivity index (χ0v) is 19.7. The van der Waals surface area contributed by atoms with Gasteiger partial charge in [0.05, 0.1) is 31.2 Å². The maximum Gasteiger partial charge on any atom is 0.234 e. The van der Waals surface area contributed by atoms with Crippen molar-refractivity contribution < 1.29 is 13.9 Å². The first-order valence-electron chi connectivity index (χ1n) is 12.0. The summed E-state index contributed by atoms with van der Waals surface area (Å²) in [7, 11) is 0. The van der Waals surface area contributed by atoms with E-state index in [4.69, 9.17) is 15.1 Å². The quantitative estimate of drug-likeness (QED) is 0.360. The lowest BCUT2D eigenvalue weighted by atomic mass is 9.99. The predicted octanol–water partition coefficient (Wildman–Crippen LogP) is 3.87. The van der Waals surface area contributed by atoms with E-state index in [0.717, 1.165) is 6.42 Å². The van der Waals surface area contributed by atoms with E-state index >= 15 is 4.39 Å². The summed E-state index contributed by atoms with van der Waals surface area (Å²) in [5, 5.41) is 18.2. The number of halogens is 1. The molecule has 4 heterocycles. The molecule has 2 fully saturated rings. The Morgan fingerprint density at radius 3 is 2.83 bits per heavy atom. The van der Waals surface area contributed by atoms with E-state index in [0.29, 0.717) is 59.6 Å². The van der Waals surface area contributed by atoms with Crippen molar-refractivity contribution in [2.75, 3.05) is 34.9 Å². The fraction of sp³-hybridized carbons (Fsp3) is 0.308. The topological polar surface area (TPSA) is 110 Å². The van der Waals surface area contributed by atoms with Crippen LogP contribution in [0, 0.1) is 17.1 Å². The smallest absolute Gasteiger partial charge is 0.234 e. The van der Waals surface area contributed by atoms with E-state index in [1.165, 1.54) is 12.3 Å². The minimum Gasteiger partial charge on any atom is -0.377 e. The van der Waals surface area contributed by atoms with Crippen LogP contribution in [0.2, 0.25) is 0 Å². The number of hydrogen-bond donors (Lipinski definition) is 3. The molecule has 36 heavy (non-hydrogen) atoms. The number of benzene rings is 1. The van der Waals surface area contributed by atoms with Gasteiger partial charge in [-0.1, -0.05) is 12.2 Å². The van der Waals surface area contributed by atoms with Gasteiger partial charge in [0.25, 0.3) is 0 Å². The van der Waals surface area contributed by atoms with Crippen molar-refractivity contribution in [1.29, 1.82) is 5.41 Å². The van der Waals surface area contributed by atoms with E-state index in [9.17, 15) is 4.79 Å². The molecule has 1 aromatic carbocycles. The van der Waals surface area contributed by atoms with Gasteiger partial charge in [-0.05, 0) is 37.6 Å². The SMILES string of the molecule is C[C@@H]1COCCN1c1cc(-c2ccc(N3C(=O)C4C=CC3C4)cc2F)c(C=N)c(Nc2cc[nH]n2)n1. The number of anilines is 4. The second kappa shape index (κ2) is 8.87. The molecule has 184 valence electrons. The van der Waals surface area contributed by atoms with Crippen molar-refractivity contribution >= 4 is 35.3 Å². The number of ether oxygens (including phenoxy) is 1. The van der Waals surface area contributed by atoms with Crippen LogP contribution in [0.1, 0.15) is 18.9 Å². The van der Waals surface area contributed by atoms with E-state index < -0.39 is 5.82 Å². The molecule has 3 atom stereocenters. The van der Waals surface area contributed by atoms with Crippen molar-refractivity contribution in [3.05, 3.63) is 60.1 Å². The van der Waals surface area contributed by atoms with Crippen molar-refractivity contribution in [1.82, 2.24) is 15.2 Å². The third-order valence-electron chi connectivity index (χ3n) is 7.07. The molecule has 1 aliphatic carbocycles. The van der Waals surface area contributed by atoms with E-state index in [1.807, 2.05) is 18.2 Å². The number of aromatic amines is 1. The number of fused-ring (bicyclic) bond motifs is 2. The highest BCUT2D eigenvalue weighted by molar-refractivity contribution is 6.01. The highest BCUT2D eigenvalue weighted by Crippen LogP contribution is 2.39. The van der Waals surface area contributed by atoms with Crippen molar-refractivity contribution in [2.45, 2.75) is 25.4 Å². The van der Waals surface area contributed by atoms with E-state index in [-0.39, 0.29) is 23.9 Å². The molecule has 2 unspecified atom stereocenters. The molecule has 1 amide bonds. The Morgan fingerprint density at radius 2 is 2.14 bits per heavy atom. The summed E-state index contributed by atoms with van der Waals surface area (Å²) >= 11 is 0. The molecule has 2 aliphatic heterocycles. The van der Waals surface area contributed by atoms with Gasteiger partial charge >= 0.3 is 0 Å². The number of pyridine rings is 1. The second-order valence-corrected chi connectivity index (χ2v) is 9.30. The third kappa shape index (κ3) is 3.74. The monoisotopic (exact) mass is 487 g/mol.